The first kappa shape index (κ1) is 12.5. The van der Waals surface area contributed by atoms with E-state index < -0.39 is 5.41 Å². The average molecular weight is 214 g/mol. The number of ether oxygens (including phenoxy) is 1. The standard InChI is InChI=1S/C11H22N2O2/c1-11(2,10(14)15-4)9(12)8-5-6-13(3)7-8/h8-9H,5-7,12H2,1-4H3. The Balaban J connectivity index is 2.66. The van der Waals surface area contributed by atoms with E-state index in [1.54, 1.807) is 0 Å². The quantitative estimate of drug-likeness (QED) is 0.694. The van der Waals surface area contributed by atoms with E-state index >= 15 is 0 Å². The van der Waals surface area contributed by atoms with Crippen molar-refractivity contribution >= 4 is 5.97 Å². The lowest BCUT2D eigenvalue weighted by molar-refractivity contribution is -0.152. The van der Waals surface area contributed by atoms with Crippen LogP contribution in [0.15, 0.2) is 0 Å². The summed E-state index contributed by atoms with van der Waals surface area (Å²) in [6.45, 7) is 5.76. The van der Waals surface area contributed by atoms with E-state index in [2.05, 4.69) is 11.9 Å². The van der Waals surface area contributed by atoms with Crippen LogP contribution in [0.2, 0.25) is 0 Å². The monoisotopic (exact) mass is 214 g/mol. The van der Waals surface area contributed by atoms with Gasteiger partial charge in [0.15, 0.2) is 0 Å². The molecule has 0 saturated carbocycles. The molecule has 0 aromatic carbocycles. The number of nitrogens with zero attached hydrogens (tertiary/aromatic N) is 1. The van der Waals surface area contributed by atoms with Gasteiger partial charge in [0.1, 0.15) is 0 Å². The highest BCUT2D eigenvalue weighted by Crippen LogP contribution is 2.30. The van der Waals surface area contributed by atoms with E-state index in [0.717, 1.165) is 19.5 Å². The normalized spacial score (nSPS) is 25.3. The summed E-state index contributed by atoms with van der Waals surface area (Å²) < 4.78 is 4.79. The fraction of sp³-hybridized carbons (Fsp3) is 0.909. The van der Waals surface area contributed by atoms with Crippen LogP contribution in [0.1, 0.15) is 20.3 Å². The van der Waals surface area contributed by atoms with Crippen LogP contribution in [0.3, 0.4) is 0 Å². The highest BCUT2D eigenvalue weighted by molar-refractivity contribution is 5.76. The fourth-order valence-corrected chi connectivity index (χ4v) is 2.25. The molecule has 0 radical (unpaired) electrons. The predicted molar refractivity (Wildman–Crippen MR) is 59.4 cm³/mol. The minimum atomic E-state index is -0.593. The first-order valence-corrected chi connectivity index (χ1v) is 5.42. The van der Waals surface area contributed by atoms with Crippen molar-refractivity contribution in [2.24, 2.45) is 17.1 Å². The van der Waals surface area contributed by atoms with Gasteiger partial charge in [0.05, 0.1) is 12.5 Å². The Hall–Kier alpha value is -0.610. The van der Waals surface area contributed by atoms with E-state index in [1.165, 1.54) is 7.11 Å². The maximum Gasteiger partial charge on any atom is 0.312 e. The molecule has 0 aliphatic carbocycles. The van der Waals surface area contributed by atoms with Crippen molar-refractivity contribution in [3.63, 3.8) is 0 Å². The number of carbonyl (C=O) groups is 1. The molecule has 0 bridgehead atoms. The van der Waals surface area contributed by atoms with Crippen molar-refractivity contribution in [1.29, 1.82) is 0 Å². The van der Waals surface area contributed by atoms with Gasteiger partial charge in [-0.3, -0.25) is 4.79 Å². The lowest BCUT2D eigenvalue weighted by Gasteiger charge is -2.32. The molecule has 0 aromatic heterocycles. The Morgan fingerprint density at radius 1 is 1.60 bits per heavy atom. The second kappa shape index (κ2) is 4.49. The first-order chi connectivity index (χ1) is 6.89. The van der Waals surface area contributed by atoms with Crippen LogP contribution < -0.4 is 5.73 Å². The number of hydrogen-bond acceptors (Lipinski definition) is 4. The van der Waals surface area contributed by atoms with Crippen LogP contribution in [0.25, 0.3) is 0 Å². The Morgan fingerprint density at radius 3 is 2.60 bits per heavy atom. The lowest BCUT2D eigenvalue weighted by atomic mass is 9.77. The number of esters is 1. The topological polar surface area (TPSA) is 55.6 Å². The molecule has 1 rings (SSSR count). The van der Waals surface area contributed by atoms with E-state index in [0.29, 0.717) is 5.92 Å². The third-order valence-corrected chi connectivity index (χ3v) is 3.48. The van der Waals surface area contributed by atoms with E-state index in [-0.39, 0.29) is 12.0 Å². The molecule has 1 aliphatic rings. The molecule has 0 aromatic rings. The highest BCUT2D eigenvalue weighted by Gasteiger charge is 2.41. The molecule has 2 atom stereocenters. The third-order valence-electron chi connectivity index (χ3n) is 3.48. The van der Waals surface area contributed by atoms with Crippen molar-refractivity contribution in [1.82, 2.24) is 4.90 Å². The maximum atomic E-state index is 11.6. The van der Waals surface area contributed by atoms with Gasteiger partial charge in [-0.25, -0.2) is 0 Å². The zero-order valence-corrected chi connectivity index (χ0v) is 10.1. The molecule has 0 spiro atoms. The van der Waals surface area contributed by atoms with Gasteiger partial charge >= 0.3 is 5.97 Å². The zero-order valence-electron chi connectivity index (χ0n) is 10.1. The highest BCUT2D eigenvalue weighted by atomic mass is 16.5. The molecule has 15 heavy (non-hydrogen) atoms. The third kappa shape index (κ3) is 2.49. The van der Waals surface area contributed by atoms with Gasteiger partial charge in [-0.15, -0.1) is 0 Å². The summed E-state index contributed by atoms with van der Waals surface area (Å²) >= 11 is 0. The molecule has 2 N–H and O–H groups in total. The fourth-order valence-electron chi connectivity index (χ4n) is 2.25. The Morgan fingerprint density at radius 2 is 2.20 bits per heavy atom. The van der Waals surface area contributed by atoms with Crippen LogP contribution in [0.4, 0.5) is 0 Å². The van der Waals surface area contributed by atoms with Gasteiger partial charge in [0.2, 0.25) is 0 Å². The molecule has 88 valence electrons. The molecule has 2 unspecified atom stereocenters. The Labute approximate surface area is 91.8 Å². The number of carbonyl (C=O) groups excluding carboxylic acids is 1. The summed E-state index contributed by atoms with van der Waals surface area (Å²) in [7, 11) is 3.50. The van der Waals surface area contributed by atoms with Crippen molar-refractivity contribution in [2.45, 2.75) is 26.3 Å². The molecular weight excluding hydrogens is 192 g/mol. The van der Waals surface area contributed by atoms with Crippen LogP contribution in [-0.4, -0.2) is 44.2 Å². The van der Waals surface area contributed by atoms with E-state index in [4.69, 9.17) is 10.5 Å². The molecule has 1 heterocycles. The van der Waals surface area contributed by atoms with Gasteiger partial charge < -0.3 is 15.4 Å². The molecule has 4 heteroatoms. The summed E-state index contributed by atoms with van der Waals surface area (Å²) in [6, 6.07) is -0.130. The molecule has 0 amide bonds. The number of likely N-dealkylation sites (tertiary alicyclic amines) is 1. The van der Waals surface area contributed by atoms with Crippen molar-refractivity contribution < 1.29 is 9.53 Å². The predicted octanol–water partition coefficient (Wildman–Crippen LogP) is 0.465. The van der Waals surface area contributed by atoms with Crippen LogP contribution in [0.5, 0.6) is 0 Å². The minimum Gasteiger partial charge on any atom is -0.469 e. The molecule has 1 fully saturated rings. The first-order valence-electron chi connectivity index (χ1n) is 5.42. The van der Waals surface area contributed by atoms with Gasteiger partial charge in [0, 0.05) is 12.6 Å². The summed E-state index contributed by atoms with van der Waals surface area (Å²) in [6.07, 6.45) is 1.07. The van der Waals surface area contributed by atoms with Crippen LogP contribution in [-0.2, 0) is 9.53 Å². The van der Waals surface area contributed by atoms with Crippen LogP contribution in [0, 0.1) is 11.3 Å². The second-order valence-corrected chi connectivity index (χ2v) is 5.05. The zero-order chi connectivity index (χ0) is 11.6. The number of hydrogen-bond donors (Lipinski definition) is 1. The molecular formula is C11H22N2O2. The van der Waals surface area contributed by atoms with E-state index in [1.807, 2.05) is 13.8 Å². The van der Waals surface area contributed by atoms with Crippen molar-refractivity contribution in [3.8, 4) is 0 Å². The lowest BCUT2D eigenvalue weighted by Crippen LogP contribution is -2.49. The Kier molecular flexibility index (Phi) is 3.73. The molecule has 1 aliphatic heterocycles. The Bertz CT molecular complexity index is 241. The number of methoxy groups -OCH3 is 1. The van der Waals surface area contributed by atoms with Gasteiger partial charge in [0.25, 0.3) is 0 Å². The van der Waals surface area contributed by atoms with Crippen LogP contribution >= 0.6 is 0 Å². The number of nitrogens with two attached hydrogens (primary N) is 1. The van der Waals surface area contributed by atoms with Gasteiger partial charge in [-0.05, 0) is 39.8 Å². The van der Waals surface area contributed by atoms with Crippen molar-refractivity contribution in [2.75, 3.05) is 27.2 Å². The summed E-state index contributed by atoms with van der Waals surface area (Å²) in [5, 5.41) is 0. The summed E-state index contributed by atoms with van der Waals surface area (Å²) in [4.78, 5) is 13.8. The largest absolute Gasteiger partial charge is 0.469 e. The molecule has 1 saturated heterocycles. The van der Waals surface area contributed by atoms with Gasteiger partial charge in [-0.1, -0.05) is 0 Å². The minimum absolute atomic E-state index is 0.130. The maximum absolute atomic E-state index is 11.6. The SMILES string of the molecule is COC(=O)C(C)(C)C(N)C1CCN(C)C1. The van der Waals surface area contributed by atoms with Crippen molar-refractivity contribution in [3.05, 3.63) is 0 Å². The average Bonchev–Trinajstić information content (AvgIpc) is 2.62. The van der Waals surface area contributed by atoms with Gasteiger partial charge in [-0.2, -0.15) is 0 Å². The molecule has 4 nitrogen and oxygen atoms in total. The van der Waals surface area contributed by atoms with E-state index in [9.17, 15) is 4.79 Å². The summed E-state index contributed by atoms with van der Waals surface area (Å²) in [5.74, 6) is 0.175. The summed E-state index contributed by atoms with van der Waals surface area (Å²) in [5.41, 5.74) is 5.58. The second-order valence-electron chi connectivity index (χ2n) is 5.05. The smallest absolute Gasteiger partial charge is 0.312 e. The number of rotatable bonds is 3.